The summed E-state index contributed by atoms with van der Waals surface area (Å²) in [7, 11) is -3.20. The monoisotopic (exact) mass is 290 g/mol. The van der Waals surface area contributed by atoms with E-state index in [2.05, 4.69) is 5.32 Å². The molecule has 0 amide bonds. The molecule has 0 aliphatic carbocycles. The van der Waals surface area contributed by atoms with Gasteiger partial charge in [0.05, 0.1) is 11.9 Å². The molecule has 0 aromatic heterocycles. The molecular formula is C13H26N2O3S. The number of sulfonamides is 1. The first-order chi connectivity index (χ1) is 9.13. The molecule has 2 heterocycles. The normalized spacial score (nSPS) is 28.9. The van der Waals surface area contributed by atoms with Crippen LogP contribution in [0.15, 0.2) is 0 Å². The van der Waals surface area contributed by atoms with E-state index in [-0.39, 0.29) is 17.9 Å². The molecule has 2 rings (SSSR count). The van der Waals surface area contributed by atoms with Crippen LogP contribution in [0.25, 0.3) is 0 Å². The molecule has 2 fully saturated rings. The highest BCUT2D eigenvalue weighted by Crippen LogP contribution is 2.20. The largest absolute Gasteiger partial charge is 0.377 e. The van der Waals surface area contributed by atoms with Crippen molar-refractivity contribution in [1.82, 2.24) is 9.62 Å². The lowest BCUT2D eigenvalue weighted by molar-refractivity contribution is 0.125. The van der Waals surface area contributed by atoms with Crippen molar-refractivity contribution in [2.75, 3.05) is 32.0 Å². The van der Waals surface area contributed by atoms with Crippen LogP contribution in [0.2, 0.25) is 0 Å². The van der Waals surface area contributed by atoms with Gasteiger partial charge in [-0.15, -0.1) is 0 Å². The highest BCUT2D eigenvalue weighted by molar-refractivity contribution is 7.89. The first-order valence-corrected chi connectivity index (χ1v) is 9.06. The van der Waals surface area contributed by atoms with Gasteiger partial charge in [-0.25, -0.2) is 8.42 Å². The second-order valence-corrected chi connectivity index (χ2v) is 7.49. The minimum atomic E-state index is -3.20. The number of nitrogens with one attached hydrogen (secondary N) is 1. The van der Waals surface area contributed by atoms with Crippen molar-refractivity contribution in [3.8, 4) is 0 Å². The Kier molecular flexibility index (Phi) is 5.62. The summed E-state index contributed by atoms with van der Waals surface area (Å²) in [4.78, 5) is 0. The molecule has 5 nitrogen and oxygen atoms in total. The van der Waals surface area contributed by atoms with Gasteiger partial charge >= 0.3 is 0 Å². The number of hydrogen-bond acceptors (Lipinski definition) is 4. The second-order valence-electron chi connectivity index (χ2n) is 5.52. The Morgan fingerprint density at radius 1 is 1.32 bits per heavy atom. The topological polar surface area (TPSA) is 58.6 Å². The second kappa shape index (κ2) is 7.02. The number of rotatable bonds is 6. The number of piperidine rings is 1. The molecule has 2 aliphatic rings. The van der Waals surface area contributed by atoms with Crippen molar-refractivity contribution in [1.29, 1.82) is 0 Å². The van der Waals surface area contributed by atoms with Gasteiger partial charge in [-0.2, -0.15) is 4.31 Å². The molecule has 2 unspecified atom stereocenters. The lowest BCUT2D eigenvalue weighted by Gasteiger charge is -2.34. The number of nitrogens with zero attached hydrogens (tertiary/aromatic N) is 1. The van der Waals surface area contributed by atoms with Crippen molar-refractivity contribution < 1.29 is 13.2 Å². The lowest BCUT2D eigenvalue weighted by atomic mass is 10.1. The van der Waals surface area contributed by atoms with E-state index >= 15 is 0 Å². The smallest absolute Gasteiger partial charge is 0.216 e. The first kappa shape index (κ1) is 15.2. The summed E-state index contributed by atoms with van der Waals surface area (Å²) >= 11 is 0. The number of ether oxygens (including phenoxy) is 1. The summed E-state index contributed by atoms with van der Waals surface area (Å²) in [6.45, 7) is 5.15. The van der Waals surface area contributed by atoms with E-state index in [1.165, 1.54) is 0 Å². The summed E-state index contributed by atoms with van der Waals surface area (Å²) in [5, 5.41) is 3.30. The van der Waals surface area contributed by atoms with Crippen molar-refractivity contribution in [2.45, 2.75) is 51.2 Å². The van der Waals surface area contributed by atoms with Gasteiger partial charge in [0.2, 0.25) is 10.0 Å². The third kappa shape index (κ3) is 4.15. The third-order valence-corrected chi connectivity index (χ3v) is 5.89. The summed E-state index contributed by atoms with van der Waals surface area (Å²) in [5.74, 6) is 0.156. The Bertz CT molecular complexity index is 360. The molecule has 0 radical (unpaired) electrons. The van der Waals surface area contributed by atoms with Gasteiger partial charge in [-0.3, -0.25) is 0 Å². The molecule has 2 aliphatic heterocycles. The Morgan fingerprint density at radius 3 is 2.74 bits per heavy atom. The molecule has 0 saturated carbocycles. The van der Waals surface area contributed by atoms with Crippen molar-refractivity contribution >= 4 is 10.0 Å². The minimum Gasteiger partial charge on any atom is -0.377 e. The molecule has 2 atom stereocenters. The molecule has 19 heavy (non-hydrogen) atoms. The van der Waals surface area contributed by atoms with Gasteiger partial charge in [-0.1, -0.05) is 6.92 Å². The van der Waals surface area contributed by atoms with Crippen LogP contribution in [0.4, 0.5) is 0 Å². The van der Waals surface area contributed by atoms with Crippen LogP contribution in [-0.4, -0.2) is 56.9 Å². The van der Waals surface area contributed by atoms with E-state index in [4.69, 9.17) is 4.74 Å². The van der Waals surface area contributed by atoms with E-state index in [0.29, 0.717) is 13.2 Å². The van der Waals surface area contributed by atoms with E-state index in [9.17, 15) is 8.42 Å². The maximum atomic E-state index is 12.6. The zero-order valence-electron chi connectivity index (χ0n) is 11.8. The summed E-state index contributed by atoms with van der Waals surface area (Å²) in [6, 6.07) is 0.125. The van der Waals surface area contributed by atoms with E-state index in [1.54, 1.807) is 4.31 Å². The molecule has 6 heteroatoms. The zero-order valence-corrected chi connectivity index (χ0v) is 12.6. The van der Waals surface area contributed by atoms with Gasteiger partial charge in [-0.05, 0) is 38.6 Å². The van der Waals surface area contributed by atoms with Crippen LogP contribution in [0, 0.1) is 0 Å². The van der Waals surface area contributed by atoms with E-state index < -0.39 is 10.0 Å². The Balaban J connectivity index is 2.02. The molecular weight excluding hydrogens is 264 g/mol. The quantitative estimate of drug-likeness (QED) is 0.791. The Morgan fingerprint density at radius 2 is 2.16 bits per heavy atom. The Hall–Kier alpha value is -0.170. The SMILES string of the molecule is CCCN(C1CCCNC1)S(=O)(=O)CC1CCCO1. The van der Waals surface area contributed by atoms with Crippen LogP contribution in [0.1, 0.15) is 39.0 Å². The first-order valence-electron chi connectivity index (χ1n) is 7.45. The van der Waals surface area contributed by atoms with Crippen molar-refractivity contribution in [2.24, 2.45) is 0 Å². The Labute approximate surface area is 116 Å². The average molecular weight is 290 g/mol. The number of hydrogen-bond donors (Lipinski definition) is 1. The van der Waals surface area contributed by atoms with Gasteiger partial charge in [0.25, 0.3) is 0 Å². The summed E-state index contributed by atoms with van der Waals surface area (Å²) in [5.41, 5.74) is 0. The van der Waals surface area contributed by atoms with Crippen LogP contribution >= 0.6 is 0 Å². The van der Waals surface area contributed by atoms with Gasteiger partial charge < -0.3 is 10.1 Å². The molecule has 112 valence electrons. The van der Waals surface area contributed by atoms with Crippen molar-refractivity contribution in [3.63, 3.8) is 0 Å². The van der Waals surface area contributed by atoms with Crippen LogP contribution in [0.3, 0.4) is 0 Å². The molecule has 0 bridgehead atoms. The fourth-order valence-electron chi connectivity index (χ4n) is 2.95. The van der Waals surface area contributed by atoms with Crippen LogP contribution < -0.4 is 5.32 Å². The van der Waals surface area contributed by atoms with E-state index in [1.807, 2.05) is 6.92 Å². The molecule has 0 aromatic rings. The molecule has 0 spiro atoms. The minimum absolute atomic E-state index is 0.0964. The molecule has 0 aromatic carbocycles. The third-order valence-electron chi connectivity index (χ3n) is 3.90. The highest BCUT2D eigenvalue weighted by atomic mass is 32.2. The average Bonchev–Trinajstić information content (AvgIpc) is 2.89. The fourth-order valence-corrected chi connectivity index (χ4v) is 4.97. The summed E-state index contributed by atoms with van der Waals surface area (Å²) < 4.78 is 32.4. The molecule has 1 N–H and O–H groups in total. The van der Waals surface area contributed by atoms with Gasteiger partial charge in [0, 0.05) is 25.7 Å². The zero-order chi connectivity index (χ0) is 13.7. The van der Waals surface area contributed by atoms with Gasteiger partial charge in [0.1, 0.15) is 0 Å². The highest BCUT2D eigenvalue weighted by Gasteiger charge is 2.33. The maximum absolute atomic E-state index is 12.6. The van der Waals surface area contributed by atoms with Gasteiger partial charge in [0.15, 0.2) is 0 Å². The molecule has 2 saturated heterocycles. The predicted molar refractivity (Wildman–Crippen MR) is 75.6 cm³/mol. The van der Waals surface area contributed by atoms with Crippen LogP contribution in [0.5, 0.6) is 0 Å². The predicted octanol–water partition coefficient (Wildman–Crippen LogP) is 0.959. The van der Waals surface area contributed by atoms with E-state index in [0.717, 1.165) is 45.2 Å². The maximum Gasteiger partial charge on any atom is 0.216 e. The lowest BCUT2D eigenvalue weighted by Crippen LogP contribution is -2.50. The fraction of sp³-hybridized carbons (Fsp3) is 1.00. The summed E-state index contributed by atoms with van der Waals surface area (Å²) in [6.07, 6.45) is 4.65. The van der Waals surface area contributed by atoms with Crippen LogP contribution in [-0.2, 0) is 14.8 Å². The standard InChI is InChI=1S/C13H26N2O3S/c1-2-8-15(12-5-3-7-14-10-12)19(16,17)11-13-6-4-9-18-13/h12-14H,2-11H2,1H3. The van der Waals surface area contributed by atoms with Crippen molar-refractivity contribution in [3.05, 3.63) is 0 Å².